The zero-order chi connectivity index (χ0) is 21.7. The third kappa shape index (κ3) is 3.33. The summed E-state index contributed by atoms with van der Waals surface area (Å²) >= 11 is 1.83. The van der Waals surface area contributed by atoms with E-state index < -0.39 is 5.97 Å². The largest absolute Gasteiger partial charge is 0.478 e. The van der Waals surface area contributed by atoms with Gasteiger partial charge in [0.05, 0.1) is 17.3 Å². The number of fused-ring (bicyclic) bond motifs is 1. The Morgan fingerprint density at radius 1 is 1.16 bits per heavy atom. The van der Waals surface area contributed by atoms with Gasteiger partial charge in [0.1, 0.15) is 6.04 Å². The molecule has 5 rings (SSSR count). The number of aromatic carboxylic acids is 1. The molecule has 0 unspecified atom stereocenters. The third-order valence-corrected chi connectivity index (χ3v) is 7.12. The number of nitrogens with zero attached hydrogens (tertiary/aromatic N) is 4. The van der Waals surface area contributed by atoms with Gasteiger partial charge in [-0.3, -0.25) is 9.98 Å². The molecule has 2 aliphatic rings. The fourth-order valence-electron chi connectivity index (χ4n) is 4.72. The van der Waals surface area contributed by atoms with Crippen LogP contribution in [-0.2, 0) is 0 Å². The van der Waals surface area contributed by atoms with Crippen molar-refractivity contribution in [1.29, 1.82) is 0 Å². The summed E-state index contributed by atoms with van der Waals surface area (Å²) in [5, 5.41) is 11.0. The molecular weight excluding hydrogens is 408 g/mol. The summed E-state index contributed by atoms with van der Waals surface area (Å²) in [6, 6.07) is 15.3. The highest BCUT2D eigenvalue weighted by Crippen LogP contribution is 2.48. The van der Waals surface area contributed by atoms with Crippen molar-refractivity contribution in [1.82, 2.24) is 14.5 Å². The highest BCUT2D eigenvalue weighted by Gasteiger charge is 2.44. The van der Waals surface area contributed by atoms with Gasteiger partial charge in [-0.2, -0.15) is 0 Å². The van der Waals surface area contributed by atoms with E-state index in [-0.39, 0.29) is 17.6 Å². The fourth-order valence-corrected chi connectivity index (χ4v) is 5.81. The average molecular weight is 433 g/mol. The van der Waals surface area contributed by atoms with E-state index in [1.807, 2.05) is 42.2 Å². The van der Waals surface area contributed by atoms with Crippen LogP contribution in [0.25, 0.3) is 5.69 Å². The van der Waals surface area contributed by atoms with Crippen molar-refractivity contribution in [3.63, 3.8) is 0 Å². The number of carboxylic acids is 1. The number of carboxylic acid groups (broad SMARTS) is 1. The second-order valence-corrected chi connectivity index (χ2v) is 9.56. The SMILES string of the molecule is Cc1cc([C@H]2[C@@H](c3ccccn3)N=C3S[C@@H](C)CN32)c(C)n1-c1cccc(C(=O)O)c1. The topological polar surface area (TPSA) is 70.7 Å². The summed E-state index contributed by atoms with van der Waals surface area (Å²) in [4.78, 5) is 23.6. The quantitative estimate of drug-likeness (QED) is 0.643. The Balaban J connectivity index is 1.62. The number of rotatable bonds is 4. The predicted octanol–water partition coefficient (Wildman–Crippen LogP) is 4.78. The molecule has 0 saturated carbocycles. The minimum absolute atomic E-state index is 0.0597. The maximum absolute atomic E-state index is 11.5. The summed E-state index contributed by atoms with van der Waals surface area (Å²) in [6.07, 6.45) is 1.83. The smallest absolute Gasteiger partial charge is 0.335 e. The van der Waals surface area contributed by atoms with E-state index in [0.29, 0.717) is 5.25 Å². The number of hydrogen-bond donors (Lipinski definition) is 1. The number of aromatic nitrogens is 2. The summed E-state index contributed by atoms with van der Waals surface area (Å²) in [7, 11) is 0. The molecule has 0 aliphatic carbocycles. The Hall–Kier alpha value is -3.06. The van der Waals surface area contributed by atoms with Crippen molar-refractivity contribution in [2.75, 3.05) is 6.54 Å². The van der Waals surface area contributed by atoms with E-state index in [4.69, 9.17) is 4.99 Å². The van der Waals surface area contributed by atoms with Gasteiger partial charge in [-0.15, -0.1) is 0 Å². The Morgan fingerprint density at radius 3 is 2.74 bits per heavy atom. The number of amidine groups is 1. The Morgan fingerprint density at radius 2 is 2.00 bits per heavy atom. The minimum atomic E-state index is -0.920. The van der Waals surface area contributed by atoms with Gasteiger partial charge in [0.25, 0.3) is 0 Å². The Bertz CT molecular complexity index is 1190. The molecule has 0 spiro atoms. The fraction of sp³-hybridized carbons (Fsp3) is 0.292. The van der Waals surface area contributed by atoms with Gasteiger partial charge in [0.2, 0.25) is 0 Å². The van der Waals surface area contributed by atoms with Crippen LogP contribution in [0.5, 0.6) is 0 Å². The highest BCUT2D eigenvalue weighted by molar-refractivity contribution is 8.14. The van der Waals surface area contributed by atoms with Gasteiger partial charge in [-0.05, 0) is 55.8 Å². The Labute approximate surface area is 185 Å². The van der Waals surface area contributed by atoms with Gasteiger partial charge in [0, 0.05) is 35.1 Å². The lowest BCUT2D eigenvalue weighted by molar-refractivity contribution is 0.0697. The second-order valence-electron chi connectivity index (χ2n) is 8.15. The molecule has 7 heteroatoms. The summed E-state index contributed by atoms with van der Waals surface area (Å²) in [5.74, 6) is -0.920. The molecule has 31 heavy (non-hydrogen) atoms. The van der Waals surface area contributed by atoms with Crippen molar-refractivity contribution in [3.05, 3.63) is 82.9 Å². The van der Waals surface area contributed by atoms with Crippen LogP contribution < -0.4 is 0 Å². The zero-order valence-corrected chi connectivity index (χ0v) is 18.5. The molecule has 4 heterocycles. The summed E-state index contributed by atoms with van der Waals surface area (Å²) in [6.45, 7) is 7.36. The highest BCUT2D eigenvalue weighted by atomic mass is 32.2. The normalized spacial score (nSPS) is 22.5. The molecule has 158 valence electrons. The van der Waals surface area contributed by atoms with Crippen molar-refractivity contribution in [2.24, 2.45) is 4.99 Å². The first-order valence-electron chi connectivity index (χ1n) is 10.4. The molecule has 0 amide bonds. The van der Waals surface area contributed by atoms with Crippen molar-refractivity contribution >= 4 is 22.9 Å². The van der Waals surface area contributed by atoms with Crippen LogP contribution in [0.4, 0.5) is 0 Å². The van der Waals surface area contributed by atoms with Crippen LogP contribution in [-0.4, -0.2) is 42.5 Å². The molecule has 1 aromatic carbocycles. The molecule has 2 aliphatic heterocycles. The maximum atomic E-state index is 11.5. The van der Waals surface area contributed by atoms with Crippen LogP contribution >= 0.6 is 11.8 Å². The van der Waals surface area contributed by atoms with Crippen molar-refractivity contribution in [2.45, 2.75) is 38.1 Å². The molecule has 3 aromatic rings. The summed E-state index contributed by atoms with van der Waals surface area (Å²) in [5.41, 5.74) is 5.51. The first-order valence-corrected chi connectivity index (χ1v) is 11.3. The van der Waals surface area contributed by atoms with Crippen LogP contribution in [0.15, 0.2) is 59.7 Å². The lowest BCUT2D eigenvalue weighted by atomic mass is 9.96. The Kier molecular flexibility index (Phi) is 4.85. The third-order valence-electron chi connectivity index (χ3n) is 6.02. The molecule has 1 saturated heterocycles. The van der Waals surface area contributed by atoms with E-state index in [1.54, 1.807) is 18.2 Å². The van der Waals surface area contributed by atoms with Gasteiger partial charge in [-0.25, -0.2) is 4.79 Å². The van der Waals surface area contributed by atoms with Crippen LogP contribution in [0.3, 0.4) is 0 Å². The number of carbonyl (C=O) groups is 1. The molecule has 3 atom stereocenters. The van der Waals surface area contributed by atoms with Crippen molar-refractivity contribution < 1.29 is 9.90 Å². The monoisotopic (exact) mass is 432 g/mol. The van der Waals surface area contributed by atoms with E-state index in [9.17, 15) is 9.90 Å². The van der Waals surface area contributed by atoms with Gasteiger partial charge in [-0.1, -0.05) is 30.8 Å². The standard InChI is InChI=1S/C24H24N4O2S/c1-14-11-19(16(3)28(14)18-8-6-7-17(12-18)23(29)30)22-21(20-9-4-5-10-25-20)26-24-27(22)13-15(2)31-24/h4-12,15,21-22H,13H2,1-3H3,(H,29,30)/t15-,21+,22-/m0/s1. The minimum Gasteiger partial charge on any atom is -0.478 e. The molecule has 1 N–H and O–H groups in total. The first-order chi connectivity index (χ1) is 14.9. The lowest BCUT2D eigenvalue weighted by Crippen LogP contribution is -2.28. The van der Waals surface area contributed by atoms with E-state index in [1.165, 1.54) is 5.56 Å². The average Bonchev–Trinajstić information content (AvgIpc) is 3.38. The number of hydrogen-bond acceptors (Lipinski definition) is 5. The predicted molar refractivity (Wildman–Crippen MR) is 123 cm³/mol. The number of benzene rings is 1. The summed E-state index contributed by atoms with van der Waals surface area (Å²) < 4.78 is 2.14. The lowest BCUT2D eigenvalue weighted by Gasteiger charge is -2.27. The maximum Gasteiger partial charge on any atom is 0.335 e. The van der Waals surface area contributed by atoms with E-state index in [0.717, 1.165) is 34.5 Å². The van der Waals surface area contributed by atoms with E-state index in [2.05, 4.69) is 41.3 Å². The van der Waals surface area contributed by atoms with Crippen LogP contribution in [0, 0.1) is 13.8 Å². The van der Waals surface area contributed by atoms with Crippen LogP contribution in [0.1, 0.15) is 52.0 Å². The van der Waals surface area contributed by atoms with Gasteiger partial charge < -0.3 is 14.6 Å². The van der Waals surface area contributed by atoms with Gasteiger partial charge in [0.15, 0.2) is 5.17 Å². The molecule has 6 nitrogen and oxygen atoms in total. The molecule has 2 aromatic heterocycles. The number of pyridine rings is 1. The number of aryl methyl sites for hydroxylation is 1. The molecular formula is C24H24N4O2S. The van der Waals surface area contributed by atoms with Crippen LogP contribution in [0.2, 0.25) is 0 Å². The van der Waals surface area contributed by atoms with Crippen molar-refractivity contribution in [3.8, 4) is 5.69 Å². The molecule has 0 bridgehead atoms. The zero-order valence-electron chi connectivity index (χ0n) is 17.7. The second kappa shape index (κ2) is 7.57. The first kappa shape index (κ1) is 19.9. The number of aliphatic imine (C=N–C) groups is 1. The van der Waals surface area contributed by atoms with Gasteiger partial charge >= 0.3 is 5.97 Å². The molecule has 1 fully saturated rings. The van der Waals surface area contributed by atoms with E-state index >= 15 is 0 Å². The molecule has 0 radical (unpaired) electrons. The number of thioether (sulfide) groups is 1.